The van der Waals surface area contributed by atoms with Crippen molar-refractivity contribution in [3.05, 3.63) is 40.4 Å². The maximum atomic E-state index is 6.12. The Kier molecular flexibility index (Phi) is 4.98. The van der Waals surface area contributed by atoms with E-state index in [9.17, 15) is 0 Å². The number of hydrogen-bond acceptors (Lipinski definition) is 5. The molecule has 0 bridgehead atoms. The molecule has 20 heavy (non-hydrogen) atoms. The van der Waals surface area contributed by atoms with Crippen molar-refractivity contribution in [1.29, 1.82) is 0 Å². The summed E-state index contributed by atoms with van der Waals surface area (Å²) in [5.41, 5.74) is 0.727. The van der Waals surface area contributed by atoms with Gasteiger partial charge in [-0.3, -0.25) is 0 Å². The van der Waals surface area contributed by atoms with E-state index < -0.39 is 0 Å². The van der Waals surface area contributed by atoms with E-state index in [1.165, 1.54) is 6.33 Å². The first-order chi connectivity index (χ1) is 9.58. The van der Waals surface area contributed by atoms with Gasteiger partial charge in [-0.1, -0.05) is 23.2 Å². The van der Waals surface area contributed by atoms with Crippen LogP contribution in [0.3, 0.4) is 0 Å². The molecular formula is C13H14Cl2N4O. The van der Waals surface area contributed by atoms with Crippen LogP contribution in [0.25, 0.3) is 0 Å². The molecule has 0 unspecified atom stereocenters. The number of anilines is 1. The van der Waals surface area contributed by atoms with Crippen molar-refractivity contribution in [3.63, 3.8) is 0 Å². The van der Waals surface area contributed by atoms with E-state index in [0.717, 1.165) is 5.69 Å². The van der Waals surface area contributed by atoms with E-state index in [1.807, 2.05) is 13.8 Å². The van der Waals surface area contributed by atoms with Crippen molar-refractivity contribution in [1.82, 2.24) is 15.0 Å². The second-order valence-electron chi connectivity index (χ2n) is 4.27. The molecule has 0 aliphatic rings. The van der Waals surface area contributed by atoms with Crippen molar-refractivity contribution in [2.75, 3.05) is 11.9 Å². The second kappa shape index (κ2) is 6.72. The highest BCUT2D eigenvalue weighted by atomic mass is 35.5. The van der Waals surface area contributed by atoms with Gasteiger partial charge >= 0.3 is 0 Å². The average Bonchev–Trinajstić information content (AvgIpc) is 2.43. The quantitative estimate of drug-likeness (QED) is 0.917. The third kappa shape index (κ3) is 3.71. The number of nitrogens with zero attached hydrogens (tertiary/aromatic N) is 3. The summed E-state index contributed by atoms with van der Waals surface area (Å²) in [7, 11) is 0. The third-order valence-corrected chi connectivity index (χ3v) is 3.28. The van der Waals surface area contributed by atoms with Crippen molar-refractivity contribution in [2.24, 2.45) is 0 Å². The Labute approximate surface area is 127 Å². The van der Waals surface area contributed by atoms with Gasteiger partial charge in [-0.2, -0.15) is 0 Å². The van der Waals surface area contributed by atoms with E-state index >= 15 is 0 Å². The van der Waals surface area contributed by atoms with Crippen LogP contribution < -0.4 is 10.1 Å². The lowest BCUT2D eigenvalue weighted by molar-refractivity contribution is 0.292. The van der Waals surface area contributed by atoms with Crippen LogP contribution in [0.2, 0.25) is 10.0 Å². The van der Waals surface area contributed by atoms with Gasteiger partial charge in [-0.25, -0.2) is 15.0 Å². The molecule has 0 saturated carbocycles. The molecular weight excluding hydrogens is 299 g/mol. The summed E-state index contributed by atoms with van der Waals surface area (Å²) in [4.78, 5) is 12.2. The summed E-state index contributed by atoms with van der Waals surface area (Å²) in [5, 5.41) is 4.15. The topological polar surface area (TPSA) is 59.9 Å². The molecule has 0 aromatic carbocycles. The van der Waals surface area contributed by atoms with Crippen LogP contribution in [0.5, 0.6) is 5.88 Å². The number of aryl methyl sites for hydroxylation is 1. The molecule has 2 rings (SSSR count). The molecule has 0 radical (unpaired) electrons. The zero-order chi connectivity index (χ0) is 14.5. The van der Waals surface area contributed by atoms with Gasteiger partial charge in [0.1, 0.15) is 28.8 Å². The summed E-state index contributed by atoms with van der Waals surface area (Å²) in [6.07, 6.45) is 3.09. The van der Waals surface area contributed by atoms with Crippen LogP contribution in [0, 0.1) is 6.92 Å². The predicted octanol–water partition coefficient (Wildman–Crippen LogP) is 3.37. The minimum Gasteiger partial charge on any atom is -0.474 e. The molecule has 0 amide bonds. The fourth-order valence-corrected chi connectivity index (χ4v) is 1.84. The first-order valence-corrected chi connectivity index (χ1v) is 6.80. The molecule has 1 atom stereocenters. The van der Waals surface area contributed by atoms with Crippen LogP contribution in [0.1, 0.15) is 12.6 Å². The smallest absolute Gasteiger partial charge is 0.232 e. The highest BCUT2D eigenvalue weighted by Gasteiger charge is 2.10. The molecule has 0 spiro atoms. The zero-order valence-corrected chi connectivity index (χ0v) is 12.6. The molecule has 5 nitrogen and oxygen atoms in total. The normalized spacial score (nSPS) is 12.0. The van der Waals surface area contributed by atoms with Crippen LogP contribution in [-0.2, 0) is 0 Å². The first kappa shape index (κ1) is 14.8. The molecule has 2 heterocycles. The number of nitrogens with one attached hydrogen (secondary N) is 1. The summed E-state index contributed by atoms with van der Waals surface area (Å²) in [6.45, 7) is 4.16. The van der Waals surface area contributed by atoms with E-state index in [2.05, 4.69) is 20.3 Å². The lowest BCUT2D eigenvalue weighted by Gasteiger charge is -2.16. The summed E-state index contributed by atoms with van der Waals surface area (Å²) in [6, 6.07) is 3.47. The van der Waals surface area contributed by atoms with Gasteiger partial charge in [-0.15, -0.1) is 0 Å². The van der Waals surface area contributed by atoms with Crippen LogP contribution >= 0.6 is 23.2 Å². The minimum atomic E-state index is -0.0140. The minimum absolute atomic E-state index is 0.0140. The molecule has 0 aliphatic heterocycles. The molecule has 2 aromatic heterocycles. The van der Waals surface area contributed by atoms with Crippen molar-refractivity contribution in [2.45, 2.75) is 19.9 Å². The Morgan fingerprint density at radius 2 is 2.10 bits per heavy atom. The van der Waals surface area contributed by atoms with Crippen molar-refractivity contribution < 1.29 is 4.74 Å². The van der Waals surface area contributed by atoms with Crippen LogP contribution in [0.15, 0.2) is 24.7 Å². The van der Waals surface area contributed by atoms with Gasteiger partial charge in [0.15, 0.2) is 0 Å². The summed E-state index contributed by atoms with van der Waals surface area (Å²) in [5.74, 6) is 0.996. The number of ether oxygens (including phenoxy) is 1. The van der Waals surface area contributed by atoms with E-state index in [-0.39, 0.29) is 6.04 Å². The van der Waals surface area contributed by atoms with E-state index in [4.69, 9.17) is 27.9 Å². The number of rotatable bonds is 5. The highest BCUT2D eigenvalue weighted by Crippen LogP contribution is 2.22. The molecule has 0 aliphatic carbocycles. The molecule has 7 heteroatoms. The predicted molar refractivity (Wildman–Crippen MR) is 79.6 cm³/mol. The van der Waals surface area contributed by atoms with E-state index in [1.54, 1.807) is 18.3 Å². The Bertz CT molecular complexity index is 594. The van der Waals surface area contributed by atoms with Crippen LogP contribution in [-0.4, -0.2) is 27.6 Å². The molecule has 0 saturated heterocycles. The van der Waals surface area contributed by atoms with Crippen molar-refractivity contribution in [3.8, 4) is 5.88 Å². The average molecular weight is 313 g/mol. The fraction of sp³-hybridized carbons (Fsp3) is 0.308. The summed E-state index contributed by atoms with van der Waals surface area (Å²) < 4.78 is 5.55. The van der Waals surface area contributed by atoms with Gasteiger partial charge in [0.05, 0.1) is 11.7 Å². The number of hydrogen-bond donors (Lipinski definition) is 1. The molecule has 1 N–H and O–H groups in total. The fourth-order valence-electron chi connectivity index (χ4n) is 1.51. The lowest BCUT2D eigenvalue weighted by atomic mass is 10.3. The Morgan fingerprint density at radius 1 is 1.30 bits per heavy atom. The number of aromatic nitrogens is 3. The molecule has 2 aromatic rings. The van der Waals surface area contributed by atoms with Gasteiger partial charge in [0.25, 0.3) is 0 Å². The number of pyridine rings is 1. The Hall–Kier alpha value is -1.59. The van der Waals surface area contributed by atoms with Crippen molar-refractivity contribution >= 4 is 29.0 Å². The number of halogens is 2. The van der Waals surface area contributed by atoms with Crippen LogP contribution in [0.4, 0.5) is 5.82 Å². The maximum Gasteiger partial charge on any atom is 0.232 e. The maximum absolute atomic E-state index is 6.12. The summed E-state index contributed by atoms with van der Waals surface area (Å²) >= 11 is 12.1. The first-order valence-electron chi connectivity index (χ1n) is 6.05. The second-order valence-corrected chi connectivity index (χ2v) is 5.05. The van der Waals surface area contributed by atoms with Gasteiger partial charge < -0.3 is 10.1 Å². The van der Waals surface area contributed by atoms with Gasteiger partial charge in [0.2, 0.25) is 5.88 Å². The highest BCUT2D eigenvalue weighted by molar-refractivity contribution is 6.33. The third-order valence-electron chi connectivity index (χ3n) is 2.54. The zero-order valence-electron chi connectivity index (χ0n) is 11.1. The lowest BCUT2D eigenvalue weighted by Crippen LogP contribution is -2.24. The van der Waals surface area contributed by atoms with Gasteiger partial charge in [-0.05, 0) is 26.0 Å². The Morgan fingerprint density at radius 3 is 2.85 bits per heavy atom. The Balaban J connectivity index is 1.94. The monoisotopic (exact) mass is 312 g/mol. The molecule has 106 valence electrons. The van der Waals surface area contributed by atoms with E-state index in [0.29, 0.717) is 28.3 Å². The molecule has 0 fully saturated rings. The largest absolute Gasteiger partial charge is 0.474 e. The SMILES string of the molecule is Cc1ncnc(N[C@@H](C)COc2ncccc2Cl)c1Cl. The van der Waals surface area contributed by atoms with Gasteiger partial charge in [0, 0.05) is 6.20 Å². The standard InChI is InChI=1S/C13H14Cl2N4O/c1-8(6-20-13-10(14)4-3-5-16-13)19-12-11(15)9(2)17-7-18-12/h3-5,7-8H,6H2,1-2H3,(H,17,18,19)/t8-/m0/s1.